The number of rotatable bonds is 19. The Morgan fingerprint density at radius 1 is 0.556 bits per heavy atom. The lowest BCUT2D eigenvalue weighted by atomic mass is 10.0. The summed E-state index contributed by atoms with van der Waals surface area (Å²) in [6.45, 7) is 3.63. The fourth-order valence-corrected chi connectivity index (χ4v) is 3.43. The van der Waals surface area contributed by atoms with Crippen LogP contribution in [-0.2, 0) is 9.59 Å². The Balaban J connectivity index is 3.44. The predicted octanol–water partition coefficient (Wildman–Crippen LogP) is 7.12. The van der Waals surface area contributed by atoms with Crippen LogP contribution in [0.25, 0.3) is 0 Å². The van der Waals surface area contributed by atoms with Gasteiger partial charge in [0.25, 0.3) is 0 Å². The third kappa shape index (κ3) is 15.4. The van der Waals surface area contributed by atoms with E-state index in [2.05, 4.69) is 6.92 Å². The summed E-state index contributed by atoms with van der Waals surface area (Å²) < 4.78 is 0. The molecule has 0 amide bonds. The highest BCUT2D eigenvalue weighted by atomic mass is 16.4. The van der Waals surface area contributed by atoms with E-state index in [1.54, 1.807) is 0 Å². The second kappa shape index (κ2) is 18.1. The topological polar surface area (TPSA) is 74.6 Å². The highest BCUT2D eigenvalue weighted by molar-refractivity contribution is 5.98. The van der Waals surface area contributed by atoms with Gasteiger partial charge in [0.2, 0.25) is 0 Å². The molecule has 0 aromatic heterocycles. The van der Waals surface area contributed by atoms with E-state index in [0.717, 1.165) is 19.3 Å². The molecule has 0 aliphatic heterocycles. The van der Waals surface area contributed by atoms with Gasteiger partial charge < -0.3 is 10.2 Å². The fourth-order valence-electron chi connectivity index (χ4n) is 3.43. The normalized spacial score (nSPS) is 12.1. The standard InChI is InChI=1S/C23H42O4/c1-3-4-5-6-7-8-9-10-11-12-13-14-15-16-17-18-19-21(23(26)27)20(2)22(24)25/h3-19H2,1-2H3,(H,24,25)(H,26,27)/b21-20+. The van der Waals surface area contributed by atoms with E-state index in [0.29, 0.717) is 6.42 Å². The van der Waals surface area contributed by atoms with Crippen molar-refractivity contribution in [1.82, 2.24) is 0 Å². The minimum absolute atomic E-state index is 0.0385. The van der Waals surface area contributed by atoms with Crippen molar-refractivity contribution >= 4 is 11.9 Å². The maximum absolute atomic E-state index is 11.1. The van der Waals surface area contributed by atoms with Gasteiger partial charge in [-0.05, 0) is 19.8 Å². The largest absolute Gasteiger partial charge is 0.478 e. The average molecular weight is 383 g/mol. The fraction of sp³-hybridized carbons (Fsp3) is 0.826. The average Bonchev–Trinajstić information content (AvgIpc) is 2.63. The van der Waals surface area contributed by atoms with E-state index in [4.69, 9.17) is 10.2 Å². The second-order valence-corrected chi connectivity index (χ2v) is 7.77. The highest BCUT2D eigenvalue weighted by Gasteiger charge is 2.15. The molecule has 0 aliphatic carbocycles. The van der Waals surface area contributed by atoms with Crippen LogP contribution in [0.2, 0.25) is 0 Å². The van der Waals surface area contributed by atoms with Gasteiger partial charge in [-0.3, -0.25) is 0 Å². The van der Waals surface area contributed by atoms with Crippen molar-refractivity contribution in [3.8, 4) is 0 Å². The summed E-state index contributed by atoms with van der Waals surface area (Å²) in [5.41, 5.74) is 0.0105. The number of hydrogen-bond donors (Lipinski definition) is 2. The van der Waals surface area contributed by atoms with Crippen molar-refractivity contribution in [3.63, 3.8) is 0 Å². The van der Waals surface area contributed by atoms with E-state index in [1.807, 2.05) is 0 Å². The van der Waals surface area contributed by atoms with Gasteiger partial charge in [-0.25, -0.2) is 9.59 Å². The molecule has 0 spiro atoms. The Morgan fingerprint density at radius 2 is 0.889 bits per heavy atom. The number of carboxylic acid groups (broad SMARTS) is 2. The first kappa shape index (κ1) is 25.7. The van der Waals surface area contributed by atoms with Crippen LogP contribution < -0.4 is 0 Å². The lowest BCUT2D eigenvalue weighted by molar-refractivity contribution is -0.136. The molecule has 0 saturated heterocycles. The molecule has 0 unspecified atom stereocenters. The molecule has 0 heterocycles. The Labute approximate surface area is 166 Å². The molecule has 4 nitrogen and oxygen atoms in total. The zero-order valence-corrected chi connectivity index (χ0v) is 17.7. The molecule has 158 valence electrons. The SMILES string of the molecule is CCCCCCCCCCCCCCCCCC/C(C(=O)O)=C(/C)C(=O)O. The minimum Gasteiger partial charge on any atom is -0.478 e. The highest BCUT2D eigenvalue weighted by Crippen LogP contribution is 2.17. The molecule has 27 heavy (non-hydrogen) atoms. The van der Waals surface area contributed by atoms with Crippen molar-refractivity contribution in [2.75, 3.05) is 0 Å². The van der Waals surface area contributed by atoms with Gasteiger partial charge in [0.1, 0.15) is 0 Å². The van der Waals surface area contributed by atoms with E-state index in [-0.39, 0.29) is 11.1 Å². The molecular weight excluding hydrogens is 340 g/mol. The number of aliphatic carboxylic acids is 2. The molecule has 0 atom stereocenters. The molecule has 4 heteroatoms. The van der Waals surface area contributed by atoms with E-state index < -0.39 is 11.9 Å². The van der Waals surface area contributed by atoms with Crippen LogP contribution in [0.15, 0.2) is 11.1 Å². The molecule has 0 aromatic carbocycles. The molecule has 0 saturated carbocycles. The zero-order chi connectivity index (χ0) is 20.3. The van der Waals surface area contributed by atoms with Gasteiger partial charge >= 0.3 is 11.9 Å². The smallest absolute Gasteiger partial charge is 0.332 e. The maximum atomic E-state index is 11.1. The lowest BCUT2D eigenvalue weighted by Crippen LogP contribution is -2.09. The monoisotopic (exact) mass is 382 g/mol. The number of unbranched alkanes of at least 4 members (excludes halogenated alkanes) is 15. The van der Waals surface area contributed by atoms with Gasteiger partial charge in [0.15, 0.2) is 0 Å². The molecule has 0 bridgehead atoms. The van der Waals surface area contributed by atoms with Gasteiger partial charge in [-0.15, -0.1) is 0 Å². The first-order chi connectivity index (χ1) is 13.0. The maximum Gasteiger partial charge on any atom is 0.332 e. The number of carbonyl (C=O) groups is 2. The molecule has 2 N–H and O–H groups in total. The molecule has 0 aromatic rings. The third-order valence-electron chi connectivity index (χ3n) is 5.31. The summed E-state index contributed by atoms with van der Waals surface area (Å²) in [6, 6.07) is 0. The lowest BCUT2D eigenvalue weighted by Gasteiger charge is -2.06. The van der Waals surface area contributed by atoms with Crippen molar-refractivity contribution < 1.29 is 19.8 Å². The van der Waals surface area contributed by atoms with Crippen LogP contribution in [0.4, 0.5) is 0 Å². The van der Waals surface area contributed by atoms with Gasteiger partial charge in [-0.2, -0.15) is 0 Å². The van der Waals surface area contributed by atoms with E-state index in [1.165, 1.54) is 90.4 Å². The Bertz CT molecular complexity index is 426. The van der Waals surface area contributed by atoms with E-state index >= 15 is 0 Å². The summed E-state index contributed by atoms with van der Waals surface area (Å²) in [7, 11) is 0. The number of hydrogen-bond acceptors (Lipinski definition) is 2. The first-order valence-electron chi connectivity index (χ1n) is 11.2. The number of carboxylic acids is 2. The van der Waals surface area contributed by atoms with Crippen LogP contribution in [0, 0.1) is 0 Å². The molecular formula is C23H42O4. The van der Waals surface area contributed by atoms with Crippen molar-refractivity contribution in [2.45, 2.75) is 123 Å². The van der Waals surface area contributed by atoms with Crippen molar-refractivity contribution in [1.29, 1.82) is 0 Å². The van der Waals surface area contributed by atoms with Crippen molar-refractivity contribution in [3.05, 3.63) is 11.1 Å². The van der Waals surface area contributed by atoms with Crippen LogP contribution >= 0.6 is 0 Å². The van der Waals surface area contributed by atoms with Gasteiger partial charge in [-0.1, -0.05) is 103 Å². The zero-order valence-electron chi connectivity index (χ0n) is 17.7. The predicted molar refractivity (Wildman–Crippen MR) is 112 cm³/mol. The first-order valence-corrected chi connectivity index (χ1v) is 11.2. The van der Waals surface area contributed by atoms with Crippen LogP contribution in [0.1, 0.15) is 123 Å². The van der Waals surface area contributed by atoms with Crippen LogP contribution in [0.3, 0.4) is 0 Å². The third-order valence-corrected chi connectivity index (χ3v) is 5.31. The Morgan fingerprint density at radius 3 is 1.19 bits per heavy atom. The van der Waals surface area contributed by atoms with Crippen molar-refractivity contribution in [2.24, 2.45) is 0 Å². The molecule has 0 fully saturated rings. The summed E-state index contributed by atoms with van der Waals surface area (Å²) in [5.74, 6) is -2.24. The van der Waals surface area contributed by atoms with E-state index in [9.17, 15) is 9.59 Å². The van der Waals surface area contributed by atoms with Crippen LogP contribution in [-0.4, -0.2) is 22.2 Å². The molecule has 0 radical (unpaired) electrons. The summed E-state index contributed by atoms with van der Waals surface area (Å²) in [5, 5.41) is 18.0. The van der Waals surface area contributed by atoms with Gasteiger partial charge in [0.05, 0.1) is 0 Å². The summed E-state index contributed by atoms with van der Waals surface area (Å²) in [4.78, 5) is 22.0. The second-order valence-electron chi connectivity index (χ2n) is 7.77. The summed E-state index contributed by atoms with van der Waals surface area (Å²) >= 11 is 0. The van der Waals surface area contributed by atoms with Crippen LogP contribution in [0.5, 0.6) is 0 Å². The minimum atomic E-state index is -1.14. The molecule has 0 rings (SSSR count). The quantitative estimate of drug-likeness (QED) is 0.184. The Kier molecular flexibility index (Phi) is 17.2. The van der Waals surface area contributed by atoms with Gasteiger partial charge in [0, 0.05) is 11.1 Å². The summed E-state index contributed by atoms with van der Waals surface area (Å²) in [6.07, 6.45) is 20.7. The Hall–Kier alpha value is -1.32. The molecule has 0 aliphatic rings.